The Hall–Kier alpha value is -2.67. The Morgan fingerprint density at radius 1 is 1.40 bits per heavy atom. The molecule has 0 amide bonds. The van der Waals surface area contributed by atoms with E-state index in [1.807, 2.05) is 0 Å². The number of nitrogens with zero attached hydrogens (tertiary/aromatic N) is 2. The van der Waals surface area contributed by atoms with Crippen molar-refractivity contribution in [3.8, 4) is 5.75 Å². The molecule has 1 aromatic heterocycles. The highest BCUT2D eigenvalue weighted by Crippen LogP contribution is 2.30. The zero-order chi connectivity index (χ0) is 14.5. The van der Waals surface area contributed by atoms with Gasteiger partial charge in [-0.3, -0.25) is 10.1 Å². The Morgan fingerprint density at radius 2 is 2.20 bits per heavy atom. The van der Waals surface area contributed by atoms with Crippen LogP contribution >= 0.6 is 0 Å². The fourth-order valence-electron chi connectivity index (χ4n) is 1.72. The molecule has 7 nitrogen and oxygen atoms in total. The number of nitrogens with two attached hydrogens (primary N) is 1. The van der Waals surface area contributed by atoms with E-state index >= 15 is 0 Å². The van der Waals surface area contributed by atoms with E-state index in [0.717, 1.165) is 5.56 Å². The Kier molecular flexibility index (Phi) is 4.11. The average Bonchev–Trinajstić information content (AvgIpc) is 2.46. The summed E-state index contributed by atoms with van der Waals surface area (Å²) in [4.78, 5) is 14.5. The number of hydrogen-bond donors (Lipinski definition) is 2. The summed E-state index contributed by atoms with van der Waals surface area (Å²) < 4.78 is 5.56. The molecule has 0 aliphatic rings. The SMILES string of the molecule is Cc1cccc([N+](=O)[O-])c1OCc1ccc(NN)nc1. The molecule has 0 radical (unpaired) electrons. The highest BCUT2D eigenvalue weighted by Gasteiger charge is 2.16. The summed E-state index contributed by atoms with van der Waals surface area (Å²) in [6, 6.07) is 8.30. The molecule has 0 unspecified atom stereocenters. The Bertz CT molecular complexity index is 614. The van der Waals surface area contributed by atoms with Gasteiger partial charge in [-0.05, 0) is 18.6 Å². The van der Waals surface area contributed by atoms with E-state index in [0.29, 0.717) is 11.4 Å². The fourth-order valence-corrected chi connectivity index (χ4v) is 1.72. The van der Waals surface area contributed by atoms with Crippen LogP contribution in [0.1, 0.15) is 11.1 Å². The molecule has 0 spiro atoms. The lowest BCUT2D eigenvalue weighted by Crippen LogP contribution is -2.08. The molecule has 0 saturated heterocycles. The summed E-state index contributed by atoms with van der Waals surface area (Å²) in [5.41, 5.74) is 3.88. The van der Waals surface area contributed by atoms with Crippen molar-refractivity contribution in [2.24, 2.45) is 5.84 Å². The van der Waals surface area contributed by atoms with Crippen molar-refractivity contribution in [2.45, 2.75) is 13.5 Å². The predicted molar refractivity (Wildman–Crippen MR) is 74.2 cm³/mol. The van der Waals surface area contributed by atoms with Gasteiger partial charge in [0.2, 0.25) is 0 Å². The summed E-state index contributed by atoms with van der Waals surface area (Å²) in [7, 11) is 0. The number of aromatic nitrogens is 1. The highest BCUT2D eigenvalue weighted by molar-refractivity contribution is 5.51. The molecule has 2 aromatic rings. The zero-order valence-electron chi connectivity index (χ0n) is 10.9. The number of rotatable bonds is 5. The highest BCUT2D eigenvalue weighted by atomic mass is 16.6. The second kappa shape index (κ2) is 5.98. The van der Waals surface area contributed by atoms with Gasteiger partial charge in [0, 0.05) is 17.8 Å². The normalized spacial score (nSPS) is 10.1. The molecule has 2 rings (SSSR count). The number of ether oxygens (including phenoxy) is 1. The van der Waals surface area contributed by atoms with Crippen molar-refractivity contribution in [3.63, 3.8) is 0 Å². The second-order valence-corrected chi connectivity index (χ2v) is 4.16. The molecular formula is C13H14N4O3. The van der Waals surface area contributed by atoms with E-state index < -0.39 is 4.92 Å². The minimum Gasteiger partial charge on any atom is -0.482 e. The maximum atomic E-state index is 11.0. The molecule has 0 atom stereocenters. The molecule has 0 aliphatic carbocycles. The Balaban J connectivity index is 2.16. The van der Waals surface area contributed by atoms with Gasteiger partial charge in [-0.2, -0.15) is 0 Å². The van der Waals surface area contributed by atoms with Crippen molar-refractivity contribution in [1.29, 1.82) is 0 Å². The first-order chi connectivity index (χ1) is 9.61. The number of anilines is 1. The molecule has 3 N–H and O–H groups in total. The van der Waals surface area contributed by atoms with Crippen LogP contribution in [0.5, 0.6) is 5.75 Å². The monoisotopic (exact) mass is 274 g/mol. The maximum absolute atomic E-state index is 11.0. The number of nitrogen functional groups attached to an aromatic ring is 1. The first-order valence-electron chi connectivity index (χ1n) is 5.90. The third-order valence-electron chi connectivity index (χ3n) is 2.74. The van der Waals surface area contributed by atoms with E-state index in [-0.39, 0.29) is 18.0 Å². The quantitative estimate of drug-likeness (QED) is 0.492. The van der Waals surface area contributed by atoms with Crippen LogP contribution in [-0.2, 0) is 6.61 Å². The molecular weight excluding hydrogens is 260 g/mol. The molecule has 1 aromatic carbocycles. The van der Waals surface area contributed by atoms with E-state index in [2.05, 4.69) is 10.4 Å². The van der Waals surface area contributed by atoms with Crippen LogP contribution in [0, 0.1) is 17.0 Å². The summed E-state index contributed by atoms with van der Waals surface area (Å²) in [5, 5.41) is 11.0. The Morgan fingerprint density at radius 3 is 2.80 bits per heavy atom. The summed E-state index contributed by atoms with van der Waals surface area (Å²) >= 11 is 0. The molecule has 20 heavy (non-hydrogen) atoms. The van der Waals surface area contributed by atoms with Crippen molar-refractivity contribution in [2.75, 3.05) is 5.43 Å². The number of aryl methyl sites for hydroxylation is 1. The summed E-state index contributed by atoms with van der Waals surface area (Å²) in [5.74, 6) is 6.03. The first-order valence-corrected chi connectivity index (χ1v) is 5.90. The van der Waals surface area contributed by atoms with Gasteiger partial charge < -0.3 is 10.2 Å². The molecule has 0 aliphatic heterocycles. The summed E-state index contributed by atoms with van der Waals surface area (Å²) in [6.45, 7) is 1.96. The number of hydrazine groups is 1. The fraction of sp³-hybridized carbons (Fsp3) is 0.154. The number of nitro groups is 1. The number of hydrogen-bond acceptors (Lipinski definition) is 6. The van der Waals surface area contributed by atoms with Crippen molar-refractivity contribution in [3.05, 3.63) is 57.8 Å². The molecule has 0 saturated carbocycles. The van der Waals surface area contributed by atoms with E-state index in [1.165, 1.54) is 6.07 Å². The average molecular weight is 274 g/mol. The lowest BCUT2D eigenvalue weighted by Gasteiger charge is -2.09. The van der Waals surface area contributed by atoms with Crippen LogP contribution < -0.4 is 16.0 Å². The molecule has 104 valence electrons. The van der Waals surface area contributed by atoms with Crippen molar-refractivity contribution in [1.82, 2.24) is 4.98 Å². The largest absolute Gasteiger partial charge is 0.482 e. The first kappa shape index (κ1) is 13.8. The van der Waals surface area contributed by atoms with Crippen LogP contribution in [0.25, 0.3) is 0 Å². The Labute approximate surface area is 115 Å². The molecule has 0 bridgehead atoms. The van der Waals surface area contributed by atoms with E-state index in [4.69, 9.17) is 10.6 Å². The van der Waals surface area contributed by atoms with Gasteiger partial charge in [-0.25, -0.2) is 10.8 Å². The zero-order valence-corrected chi connectivity index (χ0v) is 10.9. The summed E-state index contributed by atoms with van der Waals surface area (Å²) in [6.07, 6.45) is 1.60. The van der Waals surface area contributed by atoms with E-state index in [1.54, 1.807) is 37.4 Å². The third kappa shape index (κ3) is 3.01. The second-order valence-electron chi connectivity index (χ2n) is 4.16. The van der Waals surface area contributed by atoms with Gasteiger partial charge in [0.15, 0.2) is 5.75 Å². The lowest BCUT2D eigenvalue weighted by molar-refractivity contribution is -0.386. The van der Waals surface area contributed by atoms with Crippen LogP contribution in [0.2, 0.25) is 0 Å². The number of nitro benzene ring substituents is 1. The van der Waals surface area contributed by atoms with Crippen LogP contribution in [0.15, 0.2) is 36.5 Å². The van der Waals surface area contributed by atoms with Gasteiger partial charge >= 0.3 is 5.69 Å². The minimum atomic E-state index is -0.456. The van der Waals surface area contributed by atoms with Crippen LogP contribution in [0.4, 0.5) is 11.5 Å². The predicted octanol–water partition coefficient (Wildman–Crippen LogP) is 2.16. The number of benzene rings is 1. The number of pyridine rings is 1. The molecule has 1 heterocycles. The maximum Gasteiger partial charge on any atom is 0.311 e. The van der Waals surface area contributed by atoms with Gasteiger partial charge in [0.1, 0.15) is 12.4 Å². The standard InChI is InChI=1S/C13H14N4O3/c1-9-3-2-4-11(17(18)19)13(9)20-8-10-5-6-12(16-14)15-7-10/h2-7H,8,14H2,1H3,(H,15,16). The van der Waals surface area contributed by atoms with Gasteiger partial charge in [0.25, 0.3) is 0 Å². The number of nitrogens with one attached hydrogen (secondary N) is 1. The lowest BCUT2D eigenvalue weighted by atomic mass is 10.2. The van der Waals surface area contributed by atoms with E-state index in [9.17, 15) is 10.1 Å². The van der Waals surface area contributed by atoms with Gasteiger partial charge in [-0.15, -0.1) is 0 Å². The van der Waals surface area contributed by atoms with Crippen LogP contribution in [-0.4, -0.2) is 9.91 Å². The number of para-hydroxylation sites is 1. The van der Waals surface area contributed by atoms with Crippen LogP contribution in [0.3, 0.4) is 0 Å². The van der Waals surface area contributed by atoms with Crippen molar-refractivity contribution >= 4 is 11.5 Å². The van der Waals surface area contributed by atoms with Crippen molar-refractivity contribution < 1.29 is 9.66 Å². The minimum absolute atomic E-state index is 0.0433. The molecule has 0 fully saturated rings. The topological polar surface area (TPSA) is 103 Å². The van der Waals surface area contributed by atoms with Gasteiger partial charge in [-0.1, -0.05) is 18.2 Å². The third-order valence-corrected chi connectivity index (χ3v) is 2.74. The smallest absolute Gasteiger partial charge is 0.311 e. The molecule has 7 heteroatoms. The van der Waals surface area contributed by atoms with Gasteiger partial charge in [0.05, 0.1) is 4.92 Å².